The molecule has 0 unspecified atom stereocenters. The summed E-state index contributed by atoms with van der Waals surface area (Å²) in [4.78, 5) is 23.9. The number of esters is 1. The normalized spacial score (nSPS) is 11.4. The molecule has 0 spiro atoms. The number of ketones is 1. The average Bonchev–Trinajstić information content (AvgIpc) is 2.59. The molecular formula is C17H16FNO5S. The highest BCUT2D eigenvalue weighted by atomic mass is 32.2. The summed E-state index contributed by atoms with van der Waals surface area (Å²) < 4.78 is 43.5. The van der Waals surface area contributed by atoms with Gasteiger partial charge in [0.2, 0.25) is 15.8 Å². The first-order valence-electron chi connectivity index (χ1n) is 7.21. The monoisotopic (exact) mass is 365 g/mol. The molecule has 2 aromatic rings. The molecule has 0 radical (unpaired) electrons. The number of nitrogens with zero attached hydrogens (tertiary/aromatic N) is 1. The Morgan fingerprint density at radius 2 is 1.76 bits per heavy atom. The van der Waals surface area contributed by atoms with Gasteiger partial charge in [0.05, 0.1) is 16.0 Å². The number of carbonyl (C=O) groups is 2. The highest BCUT2D eigenvalue weighted by Crippen LogP contribution is 2.16. The summed E-state index contributed by atoms with van der Waals surface area (Å²) in [7, 11) is -0.967. The van der Waals surface area contributed by atoms with Crippen molar-refractivity contribution in [2.75, 3.05) is 20.7 Å². The minimum atomic E-state index is -3.70. The molecule has 0 bridgehead atoms. The molecule has 0 atom stereocenters. The van der Waals surface area contributed by atoms with Gasteiger partial charge in [0.25, 0.3) is 0 Å². The summed E-state index contributed by atoms with van der Waals surface area (Å²) in [6.07, 6.45) is 0. The molecule has 0 aliphatic rings. The Labute approximate surface area is 144 Å². The van der Waals surface area contributed by atoms with Gasteiger partial charge in [-0.2, -0.15) is 0 Å². The van der Waals surface area contributed by atoms with Crippen LogP contribution in [0, 0.1) is 5.82 Å². The number of halogens is 1. The van der Waals surface area contributed by atoms with Crippen LogP contribution in [-0.2, 0) is 14.8 Å². The van der Waals surface area contributed by atoms with Gasteiger partial charge in [0.15, 0.2) is 6.61 Å². The first-order valence-corrected chi connectivity index (χ1v) is 8.65. The largest absolute Gasteiger partial charge is 0.454 e. The fourth-order valence-electron chi connectivity index (χ4n) is 1.97. The lowest BCUT2D eigenvalue weighted by atomic mass is 10.1. The van der Waals surface area contributed by atoms with E-state index in [0.717, 1.165) is 16.4 Å². The molecule has 0 saturated carbocycles. The minimum Gasteiger partial charge on any atom is -0.454 e. The molecule has 0 fully saturated rings. The van der Waals surface area contributed by atoms with E-state index in [-0.39, 0.29) is 16.0 Å². The molecule has 0 amide bonds. The van der Waals surface area contributed by atoms with Crippen molar-refractivity contribution in [3.05, 3.63) is 65.5 Å². The number of benzene rings is 2. The van der Waals surface area contributed by atoms with Gasteiger partial charge < -0.3 is 4.74 Å². The van der Waals surface area contributed by atoms with E-state index < -0.39 is 34.2 Å². The third-order valence-corrected chi connectivity index (χ3v) is 5.17. The number of sulfonamides is 1. The Bertz CT molecular complexity index is 909. The Morgan fingerprint density at radius 1 is 1.08 bits per heavy atom. The first kappa shape index (κ1) is 18.8. The Hall–Kier alpha value is -2.58. The topological polar surface area (TPSA) is 80.8 Å². The third kappa shape index (κ3) is 4.28. The van der Waals surface area contributed by atoms with Crippen molar-refractivity contribution >= 4 is 21.8 Å². The maximum atomic E-state index is 13.5. The van der Waals surface area contributed by atoms with E-state index in [0.29, 0.717) is 0 Å². The number of carbonyl (C=O) groups excluding carboxylic acids is 2. The van der Waals surface area contributed by atoms with Crippen LogP contribution in [0.25, 0.3) is 0 Å². The van der Waals surface area contributed by atoms with Gasteiger partial charge >= 0.3 is 5.97 Å². The van der Waals surface area contributed by atoms with Crippen LogP contribution in [0.4, 0.5) is 4.39 Å². The summed E-state index contributed by atoms with van der Waals surface area (Å²) in [6.45, 7) is -0.648. The van der Waals surface area contributed by atoms with Crippen LogP contribution in [-0.4, -0.2) is 45.2 Å². The first-order chi connectivity index (χ1) is 11.7. The summed E-state index contributed by atoms with van der Waals surface area (Å²) in [5, 5.41) is 0. The summed E-state index contributed by atoms with van der Waals surface area (Å²) in [5.41, 5.74) is -0.205. The predicted octanol–water partition coefficient (Wildman–Crippen LogP) is 2.12. The van der Waals surface area contributed by atoms with Gasteiger partial charge in [0.1, 0.15) is 5.82 Å². The SMILES string of the molecule is CN(C)S(=O)(=O)c1cccc(C(=O)OCC(=O)c2ccccc2F)c1. The van der Waals surface area contributed by atoms with Crippen LogP contribution in [0.2, 0.25) is 0 Å². The van der Waals surface area contributed by atoms with Crippen molar-refractivity contribution in [1.29, 1.82) is 0 Å². The molecule has 0 heterocycles. The summed E-state index contributed by atoms with van der Waals surface area (Å²) in [5.74, 6) is -2.27. The maximum Gasteiger partial charge on any atom is 0.338 e. The highest BCUT2D eigenvalue weighted by molar-refractivity contribution is 7.89. The molecule has 6 nitrogen and oxygen atoms in total. The lowest BCUT2D eigenvalue weighted by molar-refractivity contribution is 0.0473. The molecule has 0 saturated heterocycles. The van der Waals surface area contributed by atoms with Gasteiger partial charge in [-0.3, -0.25) is 4.79 Å². The Morgan fingerprint density at radius 3 is 2.40 bits per heavy atom. The van der Waals surface area contributed by atoms with Gasteiger partial charge in [-0.15, -0.1) is 0 Å². The number of rotatable bonds is 6. The number of hydrogen-bond acceptors (Lipinski definition) is 5. The number of hydrogen-bond donors (Lipinski definition) is 0. The van der Waals surface area contributed by atoms with E-state index >= 15 is 0 Å². The Balaban J connectivity index is 2.12. The molecule has 25 heavy (non-hydrogen) atoms. The van der Waals surface area contributed by atoms with Crippen LogP contribution in [0.1, 0.15) is 20.7 Å². The summed E-state index contributed by atoms with van der Waals surface area (Å²) in [6, 6.07) is 10.6. The molecule has 8 heteroatoms. The lowest BCUT2D eigenvalue weighted by Crippen LogP contribution is -2.22. The van der Waals surface area contributed by atoms with Gasteiger partial charge in [-0.05, 0) is 30.3 Å². The van der Waals surface area contributed by atoms with Crippen molar-refractivity contribution in [1.82, 2.24) is 4.31 Å². The van der Waals surface area contributed by atoms with Gasteiger partial charge in [-0.25, -0.2) is 21.9 Å². The van der Waals surface area contributed by atoms with Crippen molar-refractivity contribution in [2.45, 2.75) is 4.90 Å². The second kappa shape index (κ2) is 7.54. The van der Waals surface area contributed by atoms with Gasteiger partial charge in [-0.1, -0.05) is 18.2 Å². The molecule has 2 aromatic carbocycles. The fourth-order valence-corrected chi connectivity index (χ4v) is 2.92. The fraction of sp³-hybridized carbons (Fsp3) is 0.176. The van der Waals surface area contributed by atoms with Crippen LogP contribution in [0.3, 0.4) is 0 Å². The van der Waals surface area contributed by atoms with E-state index in [1.807, 2.05) is 0 Å². The van der Waals surface area contributed by atoms with Crippen molar-refractivity contribution in [3.8, 4) is 0 Å². The van der Waals surface area contributed by atoms with Gasteiger partial charge in [0, 0.05) is 14.1 Å². The van der Waals surface area contributed by atoms with E-state index in [4.69, 9.17) is 4.74 Å². The van der Waals surface area contributed by atoms with Crippen molar-refractivity contribution in [2.24, 2.45) is 0 Å². The zero-order valence-electron chi connectivity index (χ0n) is 13.6. The molecular weight excluding hydrogens is 349 g/mol. The average molecular weight is 365 g/mol. The van der Waals surface area contributed by atoms with Crippen LogP contribution in [0.15, 0.2) is 53.4 Å². The summed E-state index contributed by atoms with van der Waals surface area (Å²) >= 11 is 0. The van der Waals surface area contributed by atoms with Crippen LogP contribution < -0.4 is 0 Å². The molecule has 0 aliphatic heterocycles. The minimum absolute atomic E-state index is 0.0238. The molecule has 2 rings (SSSR count). The number of Topliss-reactive ketones (excluding diaryl/α,β-unsaturated/α-hetero) is 1. The van der Waals surface area contributed by atoms with E-state index in [1.54, 1.807) is 0 Å². The van der Waals surface area contributed by atoms with E-state index in [1.165, 1.54) is 50.5 Å². The standard InChI is InChI=1S/C17H16FNO5S/c1-19(2)25(22,23)13-7-5-6-12(10-13)17(21)24-11-16(20)14-8-3-4-9-15(14)18/h3-10H,11H2,1-2H3. The predicted molar refractivity (Wildman–Crippen MR) is 88.3 cm³/mol. The molecule has 0 aromatic heterocycles. The lowest BCUT2D eigenvalue weighted by Gasteiger charge is -2.12. The smallest absolute Gasteiger partial charge is 0.338 e. The maximum absolute atomic E-state index is 13.5. The number of ether oxygens (including phenoxy) is 1. The quantitative estimate of drug-likeness (QED) is 0.579. The highest BCUT2D eigenvalue weighted by Gasteiger charge is 2.20. The third-order valence-electron chi connectivity index (χ3n) is 3.36. The molecule has 0 N–H and O–H groups in total. The van der Waals surface area contributed by atoms with Crippen LogP contribution >= 0.6 is 0 Å². The second-order valence-electron chi connectivity index (χ2n) is 5.29. The Kier molecular flexibility index (Phi) is 5.66. The van der Waals surface area contributed by atoms with E-state index in [2.05, 4.69) is 0 Å². The van der Waals surface area contributed by atoms with Crippen LogP contribution in [0.5, 0.6) is 0 Å². The zero-order valence-corrected chi connectivity index (χ0v) is 14.4. The van der Waals surface area contributed by atoms with E-state index in [9.17, 15) is 22.4 Å². The molecule has 0 aliphatic carbocycles. The zero-order chi connectivity index (χ0) is 18.6. The van der Waals surface area contributed by atoms with Crippen molar-refractivity contribution < 1.29 is 27.1 Å². The van der Waals surface area contributed by atoms with Crippen molar-refractivity contribution in [3.63, 3.8) is 0 Å². The second-order valence-corrected chi connectivity index (χ2v) is 7.45. The molecule has 132 valence electrons.